The molecule has 0 unspecified atom stereocenters. The highest BCUT2D eigenvalue weighted by molar-refractivity contribution is 5.58. The predicted octanol–water partition coefficient (Wildman–Crippen LogP) is 2.61. The van der Waals surface area contributed by atoms with Crippen molar-refractivity contribution in [3.63, 3.8) is 0 Å². The molecule has 1 heterocycles. The quantitative estimate of drug-likeness (QED) is 0.827. The molecule has 0 saturated heterocycles. The lowest BCUT2D eigenvalue weighted by Crippen LogP contribution is -2.42. The Morgan fingerprint density at radius 1 is 1.27 bits per heavy atom. The molecule has 0 fully saturated rings. The van der Waals surface area contributed by atoms with Gasteiger partial charge in [0, 0.05) is 17.8 Å². The lowest BCUT2D eigenvalue weighted by atomic mass is 9.57. The van der Waals surface area contributed by atoms with Gasteiger partial charge in [-0.15, -0.1) is 0 Å². The summed E-state index contributed by atoms with van der Waals surface area (Å²) < 4.78 is 0. The summed E-state index contributed by atoms with van der Waals surface area (Å²) in [5.74, 6) is -0.408. The van der Waals surface area contributed by atoms with Crippen LogP contribution >= 0.6 is 0 Å². The summed E-state index contributed by atoms with van der Waals surface area (Å²) in [7, 11) is 0. The fraction of sp³-hybridized carbons (Fsp3) is 0.353. The maximum absolute atomic E-state index is 9.76. The minimum Gasteiger partial charge on any atom is -0.399 e. The van der Waals surface area contributed by atoms with Crippen LogP contribution in [0.1, 0.15) is 30.9 Å². The van der Waals surface area contributed by atoms with Crippen molar-refractivity contribution in [3.8, 4) is 18.2 Å². The maximum atomic E-state index is 9.76. The number of aromatic nitrogens is 1. The van der Waals surface area contributed by atoms with Crippen molar-refractivity contribution in [2.24, 2.45) is 17.1 Å². The number of hydrogen-bond acceptors (Lipinski definition) is 4. The lowest BCUT2D eigenvalue weighted by Gasteiger charge is -2.42. The summed E-state index contributed by atoms with van der Waals surface area (Å²) in [5.41, 5.74) is 6.76. The minimum atomic E-state index is -1.50. The van der Waals surface area contributed by atoms with Crippen molar-refractivity contribution < 1.29 is 0 Å². The first-order valence-electron chi connectivity index (χ1n) is 7.26. The number of nitrogens with zero attached hydrogens (tertiary/aromatic N) is 3. The van der Waals surface area contributed by atoms with Crippen molar-refractivity contribution in [1.29, 1.82) is 15.8 Å². The van der Waals surface area contributed by atoms with E-state index in [-0.39, 0.29) is 17.5 Å². The van der Waals surface area contributed by atoms with Gasteiger partial charge in [0.2, 0.25) is 0 Å². The van der Waals surface area contributed by atoms with Gasteiger partial charge in [0.05, 0.1) is 23.4 Å². The van der Waals surface area contributed by atoms with Crippen LogP contribution < -0.4 is 5.73 Å². The molecule has 5 heteroatoms. The Morgan fingerprint density at radius 2 is 2.05 bits per heavy atom. The number of H-pyrrole nitrogens is 1. The lowest BCUT2D eigenvalue weighted by molar-refractivity contribution is 0.312. The molecule has 0 aromatic carbocycles. The molecule has 0 radical (unpaired) electrons. The van der Waals surface area contributed by atoms with Crippen LogP contribution in [0.15, 0.2) is 41.2 Å². The molecule has 0 aliphatic heterocycles. The third kappa shape index (κ3) is 1.68. The number of nitrogens with one attached hydrogen (secondary N) is 1. The van der Waals surface area contributed by atoms with Gasteiger partial charge in [-0.05, 0) is 42.9 Å². The maximum Gasteiger partial charge on any atom is 0.192 e. The largest absolute Gasteiger partial charge is 0.399 e. The van der Waals surface area contributed by atoms with Crippen LogP contribution in [0.4, 0.5) is 0 Å². The molecule has 22 heavy (non-hydrogen) atoms. The van der Waals surface area contributed by atoms with Crippen LogP contribution in [-0.4, -0.2) is 4.98 Å². The molecule has 2 aliphatic rings. The van der Waals surface area contributed by atoms with E-state index in [4.69, 9.17) is 5.73 Å². The topological polar surface area (TPSA) is 113 Å². The van der Waals surface area contributed by atoms with Gasteiger partial charge in [0.25, 0.3) is 0 Å². The molecule has 3 rings (SSSR count). The van der Waals surface area contributed by atoms with Crippen LogP contribution in [0.3, 0.4) is 0 Å². The fourth-order valence-corrected chi connectivity index (χ4v) is 3.75. The highest BCUT2D eigenvalue weighted by Gasteiger charge is 2.54. The molecule has 0 saturated carbocycles. The Morgan fingerprint density at radius 3 is 2.64 bits per heavy atom. The average molecular weight is 289 g/mol. The van der Waals surface area contributed by atoms with Crippen LogP contribution in [0, 0.1) is 45.3 Å². The molecule has 5 nitrogen and oxygen atoms in total. The van der Waals surface area contributed by atoms with Crippen LogP contribution in [0.2, 0.25) is 0 Å². The van der Waals surface area contributed by atoms with Crippen molar-refractivity contribution >= 4 is 0 Å². The first kappa shape index (κ1) is 14.0. The van der Waals surface area contributed by atoms with E-state index in [0.29, 0.717) is 5.57 Å². The van der Waals surface area contributed by atoms with Crippen molar-refractivity contribution in [2.45, 2.75) is 25.2 Å². The Labute approximate surface area is 129 Å². The highest BCUT2D eigenvalue weighted by atomic mass is 14.8. The van der Waals surface area contributed by atoms with E-state index in [0.717, 1.165) is 30.5 Å². The van der Waals surface area contributed by atoms with Gasteiger partial charge in [-0.25, -0.2) is 0 Å². The number of fused-ring (bicyclic) bond motifs is 1. The van der Waals surface area contributed by atoms with Gasteiger partial charge in [-0.3, -0.25) is 0 Å². The Hall–Kier alpha value is -2.97. The zero-order chi connectivity index (χ0) is 15.7. The number of hydrogen-bond donors (Lipinski definition) is 2. The molecule has 3 N–H and O–H groups in total. The van der Waals surface area contributed by atoms with Crippen LogP contribution in [-0.2, 0) is 0 Å². The second kappa shape index (κ2) is 5.10. The summed E-state index contributed by atoms with van der Waals surface area (Å²) in [6, 6.07) is 10.1. The number of aromatic amines is 1. The Bertz CT molecular complexity index is 762. The number of nitrogens with two attached hydrogens (primary N) is 1. The fourth-order valence-electron chi connectivity index (χ4n) is 3.75. The van der Waals surface area contributed by atoms with Gasteiger partial charge in [-0.1, -0.05) is 6.08 Å². The van der Waals surface area contributed by atoms with Crippen LogP contribution in [0.5, 0.6) is 0 Å². The van der Waals surface area contributed by atoms with E-state index in [1.165, 1.54) is 0 Å². The predicted molar refractivity (Wildman–Crippen MR) is 79.4 cm³/mol. The van der Waals surface area contributed by atoms with Gasteiger partial charge >= 0.3 is 0 Å². The molecule has 108 valence electrons. The molecule has 0 bridgehead atoms. The zero-order valence-corrected chi connectivity index (χ0v) is 12.0. The van der Waals surface area contributed by atoms with Crippen molar-refractivity contribution in [1.82, 2.24) is 4.98 Å². The summed E-state index contributed by atoms with van der Waals surface area (Å²) in [5, 5.41) is 29.0. The van der Waals surface area contributed by atoms with E-state index in [9.17, 15) is 15.8 Å². The zero-order valence-electron chi connectivity index (χ0n) is 12.0. The van der Waals surface area contributed by atoms with Gasteiger partial charge in [-0.2, -0.15) is 15.8 Å². The summed E-state index contributed by atoms with van der Waals surface area (Å²) in [4.78, 5) is 3.13. The van der Waals surface area contributed by atoms with E-state index in [1.54, 1.807) is 6.20 Å². The molecule has 0 spiro atoms. The molecule has 1 aromatic rings. The van der Waals surface area contributed by atoms with E-state index in [1.807, 2.05) is 18.2 Å². The van der Waals surface area contributed by atoms with Crippen molar-refractivity contribution in [2.75, 3.05) is 0 Å². The Kier molecular flexibility index (Phi) is 3.24. The number of allylic oxidation sites excluding steroid dienone is 4. The second-order valence-corrected chi connectivity index (χ2v) is 5.73. The third-order valence-corrected chi connectivity index (χ3v) is 4.76. The second-order valence-electron chi connectivity index (χ2n) is 5.73. The third-order valence-electron chi connectivity index (χ3n) is 4.76. The molecule has 0 amide bonds. The normalized spacial score (nSPS) is 26.1. The molecule has 2 atom stereocenters. The minimum absolute atomic E-state index is 0.0337. The summed E-state index contributed by atoms with van der Waals surface area (Å²) in [6.45, 7) is 0. The van der Waals surface area contributed by atoms with E-state index in [2.05, 4.69) is 23.2 Å². The number of rotatable bonds is 1. The smallest absolute Gasteiger partial charge is 0.192 e. The van der Waals surface area contributed by atoms with Crippen molar-refractivity contribution in [3.05, 3.63) is 46.9 Å². The van der Waals surface area contributed by atoms with Gasteiger partial charge < -0.3 is 10.7 Å². The standard InChI is InChI=1S/C17H15N5/c18-8-13-11-4-1-2-5-12(11)15(14-6-3-7-22-14)17(9-19,10-20)16(13)21/h3-4,6-7,12,15,22H,1-2,5,21H2/t12-,15-/m1/s1. The monoisotopic (exact) mass is 289 g/mol. The molecule has 2 aliphatic carbocycles. The van der Waals surface area contributed by atoms with E-state index < -0.39 is 5.41 Å². The van der Waals surface area contributed by atoms with Crippen LogP contribution in [0.25, 0.3) is 0 Å². The Balaban J connectivity index is 2.33. The highest BCUT2D eigenvalue weighted by Crippen LogP contribution is 2.55. The summed E-state index contributed by atoms with van der Waals surface area (Å²) in [6.07, 6.45) is 6.54. The number of nitriles is 3. The molecular formula is C17H15N5. The molecule has 1 aromatic heterocycles. The SMILES string of the molecule is N#CC1=C(N)C(C#N)(C#N)[C@@H](c2ccc[nH]2)[C@@H]2CCCC=C12. The van der Waals surface area contributed by atoms with Gasteiger partial charge in [0.15, 0.2) is 5.41 Å². The van der Waals surface area contributed by atoms with E-state index >= 15 is 0 Å². The summed E-state index contributed by atoms with van der Waals surface area (Å²) >= 11 is 0. The van der Waals surface area contributed by atoms with Gasteiger partial charge in [0.1, 0.15) is 6.07 Å². The first-order valence-corrected chi connectivity index (χ1v) is 7.26. The average Bonchev–Trinajstić information content (AvgIpc) is 3.08. The molecular weight excluding hydrogens is 274 g/mol. The first-order chi connectivity index (χ1) is 10.7.